The van der Waals surface area contributed by atoms with Gasteiger partial charge < -0.3 is 14.8 Å². The van der Waals surface area contributed by atoms with E-state index in [0.29, 0.717) is 6.61 Å². The van der Waals surface area contributed by atoms with E-state index in [0.717, 1.165) is 12.8 Å². The van der Waals surface area contributed by atoms with Crippen molar-refractivity contribution in [2.75, 3.05) is 18.4 Å². The largest absolute Gasteiger partial charge is 0.495 e. The Kier molecular flexibility index (Phi) is 4.15. The fraction of sp³-hybridized carbons (Fsp3) is 0.294. The molecule has 27 heavy (non-hydrogen) atoms. The number of hydrogen-bond acceptors (Lipinski definition) is 6. The predicted molar refractivity (Wildman–Crippen MR) is 98.0 cm³/mol. The molecule has 2 aliphatic rings. The van der Waals surface area contributed by atoms with Crippen molar-refractivity contribution in [1.29, 1.82) is 0 Å². The first kappa shape index (κ1) is 17.9. The number of rotatable bonds is 4. The van der Waals surface area contributed by atoms with Gasteiger partial charge in [0.05, 0.1) is 24.5 Å². The van der Waals surface area contributed by atoms with E-state index in [1.807, 2.05) is 0 Å². The second kappa shape index (κ2) is 6.28. The summed E-state index contributed by atoms with van der Waals surface area (Å²) in [6.07, 6.45) is 2.99. The van der Waals surface area contributed by atoms with E-state index in [2.05, 4.69) is 15.0 Å². The van der Waals surface area contributed by atoms with E-state index >= 15 is 0 Å². The Morgan fingerprint density at radius 1 is 1.33 bits per heavy atom. The van der Waals surface area contributed by atoms with E-state index in [9.17, 15) is 13.2 Å². The van der Waals surface area contributed by atoms with Crippen LogP contribution in [0.2, 0.25) is 5.02 Å². The molecule has 8 nitrogen and oxygen atoms in total. The van der Waals surface area contributed by atoms with Crippen molar-refractivity contribution in [3.63, 3.8) is 0 Å². The second-order valence-electron chi connectivity index (χ2n) is 6.50. The van der Waals surface area contributed by atoms with Crippen LogP contribution in [-0.2, 0) is 10.0 Å². The fourth-order valence-electron chi connectivity index (χ4n) is 2.83. The van der Waals surface area contributed by atoms with Gasteiger partial charge in [-0.15, -0.1) is 0 Å². The first-order valence-corrected chi connectivity index (χ1v) is 10.00. The molecule has 142 valence electrons. The van der Waals surface area contributed by atoms with E-state index in [-0.39, 0.29) is 44.2 Å². The minimum atomic E-state index is -4.01. The molecule has 1 saturated carbocycles. The van der Waals surface area contributed by atoms with Gasteiger partial charge in [-0.3, -0.25) is 9.52 Å². The van der Waals surface area contributed by atoms with Gasteiger partial charge in [-0.1, -0.05) is 11.6 Å². The molecule has 1 aromatic heterocycles. The minimum absolute atomic E-state index is 0.120. The van der Waals surface area contributed by atoms with Crippen molar-refractivity contribution in [3.8, 4) is 11.6 Å². The number of anilines is 1. The Balaban J connectivity index is 1.66. The fourth-order valence-corrected chi connectivity index (χ4v) is 4.29. The van der Waals surface area contributed by atoms with Crippen LogP contribution >= 0.6 is 11.6 Å². The van der Waals surface area contributed by atoms with Crippen molar-refractivity contribution in [3.05, 3.63) is 41.0 Å². The number of aromatic nitrogens is 1. The van der Waals surface area contributed by atoms with Gasteiger partial charge in [0, 0.05) is 5.02 Å². The summed E-state index contributed by atoms with van der Waals surface area (Å²) in [5.41, 5.74) is -0.0238. The molecule has 0 unspecified atom stereocenters. The second-order valence-corrected chi connectivity index (χ2v) is 8.59. The molecule has 0 bridgehead atoms. The smallest absolute Gasteiger partial charge is 0.265 e. The zero-order valence-electron chi connectivity index (χ0n) is 14.3. The highest BCUT2D eigenvalue weighted by molar-refractivity contribution is 7.92. The molecule has 0 atom stereocenters. The molecule has 10 heteroatoms. The third kappa shape index (κ3) is 3.40. The Morgan fingerprint density at radius 2 is 2.11 bits per heavy atom. The van der Waals surface area contributed by atoms with Crippen LogP contribution in [0.4, 0.5) is 5.69 Å². The zero-order valence-corrected chi connectivity index (χ0v) is 15.9. The summed E-state index contributed by atoms with van der Waals surface area (Å²) in [7, 11) is -2.65. The maximum atomic E-state index is 12.8. The van der Waals surface area contributed by atoms with Gasteiger partial charge in [0.25, 0.3) is 15.9 Å². The van der Waals surface area contributed by atoms with Crippen LogP contribution in [0.1, 0.15) is 23.2 Å². The lowest BCUT2D eigenvalue weighted by Gasteiger charge is -2.13. The van der Waals surface area contributed by atoms with Crippen LogP contribution in [0.5, 0.6) is 11.6 Å². The normalized spacial score (nSPS) is 17.3. The predicted octanol–water partition coefficient (Wildman–Crippen LogP) is 2.20. The van der Waals surface area contributed by atoms with Gasteiger partial charge in [-0.2, -0.15) is 0 Å². The summed E-state index contributed by atoms with van der Waals surface area (Å²) in [6, 6.07) is 5.67. The van der Waals surface area contributed by atoms with Gasteiger partial charge in [0.2, 0.25) is 5.88 Å². The highest BCUT2D eigenvalue weighted by Gasteiger charge is 2.47. The van der Waals surface area contributed by atoms with Crippen molar-refractivity contribution >= 4 is 33.2 Å². The monoisotopic (exact) mass is 409 g/mol. The number of nitrogens with one attached hydrogen (secondary N) is 2. The van der Waals surface area contributed by atoms with Crippen molar-refractivity contribution in [2.45, 2.75) is 23.3 Å². The summed E-state index contributed by atoms with van der Waals surface area (Å²) in [4.78, 5) is 16.4. The lowest BCUT2D eigenvalue weighted by Crippen LogP contribution is -2.38. The van der Waals surface area contributed by atoms with Gasteiger partial charge in [-0.25, -0.2) is 13.4 Å². The maximum absolute atomic E-state index is 12.8. The molecule has 1 spiro atoms. The molecule has 0 radical (unpaired) electrons. The van der Waals surface area contributed by atoms with Gasteiger partial charge in [0.15, 0.2) is 0 Å². The summed E-state index contributed by atoms with van der Waals surface area (Å²) in [5, 5.41) is 3.16. The molecule has 2 N–H and O–H groups in total. The molecule has 2 heterocycles. The van der Waals surface area contributed by atoms with Gasteiger partial charge in [0.1, 0.15) is 22.8 Å². The number of nitrogens with zero attached hydrogens (tertiary/aromatic N) is 1. The van der Waals surface area contributed by atoms with E-state index in [1.165, 1.54) is 37.6 Å². The topological polar surface area (TPSA) is 107 Å². The number of pyridine rings is 1. The number of amides is 1. The lowest BCUT2D eigenvalue weighted by molar-refractivity contribution is 0.0932. The highest BCUT2D eigenvalue weighted by atomic mass is 35.5. The van der Waals surface area contributed by atoms with Crippen LogP contribution in [0.15, 0.2) is 35.4 Å². The number of sulfonamides is 1. The lowest BCUT2D eigenvalue weighted by atomic mass is 10.2. The Morgan fingerprint density at radius 3 is 2.81 bits per heavy atom. The maximum Gasteiger partial charge on any atom is 0.265 e. The van der Waals surface area contributed by atoms with Crippen LogP contribution in [-0.4, -0.2) is 38.6 Å². The molecule has 1 fully saturated rings. The Labute approximate surface area is 160 Å². The summed E-state index contributed by atoms with van der Waals surface area (Å²) >= 11 is 5.92. The van der Waals surface area contributed by atoms with E-state index in [1.54, 1.807) is 0 Å². The molecule has 0 saturated heterocycles. The highest BCUT2D eigenvalue weighted by Crippen LogP contribution is 2.39. The zero-order chi connectivity index (χ0) is 19.2. The summed E-state index contributed by atoms with van der Waals surface area (Å²) in [5.74, 6) is -0.0141. The van der Waals surface area contributed by atoms with E-state index < -0.39 is 10.0 Å². The molecule has 1 aliphatic carbocycles. The number of carbonyl (C=O) groups is 1. The van der Waals surface area contributed by atoms with Crippen LogP contribution in [0.25, 0.3) is 0 Å². The number of carbonyl (C=O) groups excluding carboxylic acids is 1. The standard InChI is InChI=1S/C17H16ClN3O5S/c1-25-13-3-2-10(18)6-14(13)27(23,24)21-11-7-12-15(22)20-17(4-5-17)9-26-16(12)19-8-11/h2-3,6-8,21H,4-5,9H2,1H3,(H,20,22). The quantitative estimate of drug-likeness (QED) is 0.801. The van der Waals surface area contributed by atoms with Crippen LogP contribution < -0.4 is 19.5 Å². The van der Waals surface area contributed by atoms with Crippen LogP contribution in [0.3, 0.4) is 0 Å². The third-order valence-electron chi connectivity index (χ3n) is 4.48. The number of halogens is 1. The van der Waals surface area contributed by atoms with E-state index in [4.69, 9.17) is 21.1 Å². The molecule has 1 aromatic carbocycles. The summed E-state index contributed by atoms with van der Waals surface area (Å²) in [6.45, 7) is 0.351. The van der Waals surface area contributed by atoms with Gasteiger partial charge >= 0.3 is 0 Å². The molecule has 2 aromatic rings. The summed E-state index contributed by atoms with van der Waals surface area (Å²) < 4.78 is 38.6. The number of fused-ring (bicyclic) bond motifs is 1. The first-order chi connectivity index (χ1) is 12.8. The number of benzene rings is 1. The molecule has 1 amide bonds. The third-order valence-corrected chi connectivity index (χ3v) is 6.12. The van der Waals surface area contributed by atoms with Crippen molar-refractivity contribution < 1.29 is 22.7 Å². The SMILES string of the molecule is COc1ccc(Cl)cc1S(=O)(=O)Nc1cnc2c(c1)C(=O)NC1(CC1)CO2. The van der Waals surface area contributed by atoms with Gasteiger partial charge in [-0.05, 0) is 37.1 Å². The number of methoxy groups -OCH3 is 1. The Hall–Kier alpha value is -2.52. The number of hydrogen-bond donors (Lipinski definition) is 2. The molecular weight excluding hydrogens is 394 g/mol. The van der Waals surface area contributed by atoms with Crippen molar-refractivity contribution in [2.24, 2.45) is 0 Å². The Bertz CT molecular complexity index is 1040. The minimum Gasteiger partial charge on any atom is -0.495 e. The van der Waals surface area contributed by atoms with Crippen molar-refractivity contribution in [1.82, 2.24) is 10.3 Å². The van der Waals surface area contributed by atoms with Crippen LogP contribution in [0, 0.1) is 0 Å². The number of ether oxygens (including phenoxy) is 2. The molecular formula is C17H16ClN3O5S. The average molecular weight is 410 g/mol. The molecule has 1 aliphatic heterocycles. The first-order valence-electron chi connectivity index (χ1n) is 8.14. The average Bonchev–Trinajstić information content (AvgIpc) is 3.41. The molecule has 4 rings (SSSR count).